The number of hydrogen-bond donors (Lipinski definition) is 0. The smallest absolute Gasteiger partial charge is 0.310 e. The third kappa shape index (κ3) is 2.49. The summed E-state index contributed by atoms with van der Waals surface area (Å²) in [6.45, 7) is 2.57. The van der Waals surface area contributed by atoms with E-state index in [4.69, 9.17) is 9.26 Å². The molecular weight excluding hydrogens is 238 g/mol. The number of carbonyl (C=O) groups excluding carboxylic acids is 2. The summed E-state index contributed by atoms with van der Waals surface area (Å²) in [4.78, 5) is 29.0. The summed E-state index contributed by atoms with van der Waals surface area (Å²) in [6.07, 6.45) is 1.50. The quantitative estimate of drug-likeness (QED) is 0.709. The molecule has 1 aliphatic rings. The monoisotopic (exact) mass is 253 g/mol. The zero-order chi connectivity index (χ0) is 13.1. The second kappa shape index (κ2) is 5.16. The minimum absolute atomic E-state index is 0.0398. The number of rotatable bonds is 2. The first-order chi connectivity index (χ1) is 8.61. The third-order valence-electron chi connectivity index (χ3n) is 2.96. The number of hydrogen-bond acceptors (Lipinski definition) is 6. The zero-order valence-corrected chi connectivity index (χ0v) is 10.4. The van der Waals surface area contributed by atoms with Gasteiger partial charge in [0.05, 0.1) is 13.0 Å². The van der Waals surface area contributed by atoms with Gasteiger partial charge >= 0.3 is 5.97 Å². The van der Waals surface area contributed by atoms with E-state index < -0.39 is 0 Å². The summed E-state index contributed by atoms with van der Waals surface area (Å²) < 4.78 is 9.47. The van der Waals surface area contributed by atoms with E-state index >= 15 is 0 Å². The maximum Gasteiger partial charge on any atom is 0.310 e. The number of methoxy groups -OCH3 is 1. The van der Waals surface area contributed by atoms with Gasteiger partial charge < -0.3 is 14.2 Å². The average molecular weight is 253 g/mol. The van der Waals surface area contributed by atoms with Crippen LogP contribution >= 0.6 is 0 Å². The standard InChI is InChI=1S/C11H15N3O4/c1-7-12-9(13-18-7)10(15)14-5-3-4-8(6-14)11(16)17-2/h8H,3-6H2,1-2H3. The molecule has 0 radical (unpaired) electrons. The van der Waals surface area contributed by atoms with E-state index in [-0.39, 0.29) is 23.6 Å². The van der Waals surface area contributed by atoms with Crippen LogP contribution in [0.1, 0.15) is 29.4 Å². The van der Waals surface area contributed by atoms with Crippen molar-refractivity contribution < 1.29 is 18.8 Å². The Bertz CT molecular complexity index is 457. The summed E-state index contributed by atoms with van der Waals surface area (Å²) in [6, 6.07) is 0. The Hall–Kier alpha value is -1.92. The van der Waals surface area contributed by atoms with E-state index in [1.807, 2.05) is 0 Å². The molecule has 0 aromatic carbocycles. The van der Waals surface area contributed by atoms with E-state index in [1.165, 1.54) is 7.11 Å². The summed E-state index contributed by atoms with van der Waals surface area (Å²) in [5, 5.41) is 3.59. The molecule has 7 heteroatoms. The molecule has 1 aromatic heterocycles. The van der Waals surface area contributed by atoms with Crippen molar-refractivity contribution in [2.45, 2.75) is 19.8 Å². The van der Waals surface area contributed by atoms with Crippen LogP contribution in [0.25, 0.3) is 0 Å². The maximum absolute atomic E-state index is 12.1. The van der Waals surface area contributed by atoms with Gasteiger partial charge in [0.1, 0.15) is 0 Å². The number of amides is 1. The van der Waals surface area contributed by atoms with Gasteiger partial charge in [0.25, 0.3) is 11.7 Å². The van der Waals surface area contributed by atoms with Crippen LogP contribution in [0, 0.1) is 12.8 Å². The molecule has 1 atom stereocenters. The van der Waals surface area contributed by atoms with Crippen LogP contribution in [-0.2, 0) is 9.53 Å². The fourth-order valence-electron chi connectivity index (χ4n) is 2.05. The number of nitrogens with zero attached hydrogens (tertiary/aromatic N) is 3. The first-order valence-corrected chi connectivity index (χ1v) is 5.79. The molecule has 0 aliphatic carbocycles. The largest absolute Gasteiger partial charge is 0.469 e. The second-order valence-corrected chi connectivity index (χ2v) is 4.25. The number of aromatic nitrogens is 2. The van der Waals surface area contributed by atoms with Crippen LogP contribution in [0.4, 0.5) is 0 Å². The topological polar surface area (TPSA) is 85.5 Å². The Balaban J connectivity index is 2.05. The average Bonchev–Trinajstić information content (AvgIpc) is 2.83. The minimum atomic E-state index is -0.305. The highest BCUT2D eigenvalue weighted by Crippen LogP contribution is 2.19. The lowest BCUT2D eigenvalue weighted by Gasteiger charge is -2.30. The molecule has 1 unspecified atom stereocenters. The van der Waals surface area contributed by atoms with Crippen LogP contribution < -0.4 is 0 Å². The molecule has 0 N–H and O–H groups in total. The highest BCUT2D eigenvalue weighted by molar-refractivity contribution is 5.90. The molecule has 0 spiro atoms. The zero-order valence-electron chi connectivity index (χ0n) is 10.4. The first kappa shape index (κ1) is 12.5. The van der Waals surface area contributed by atoms with Gasteiger partial charge in [-0.15, -0.1) is 0 Å². The van der Waals surface area contributed by atoms with Crippen molar-refractivity contribution in [2.24, 2.45) is 5.92 Å². The van der Waals surface area contributed by atoms with Crippen molar-refractivity contribution in [1.82, 2.24) is 15.0 Å². The number of ether oxygens (including phenoxy) is 1. The van der Waals surface area contributed by atoms with Gasteiger partial charge in [-0.1, -0.05) is 5.16 Å². The van der Waals surface area contributed by atoms with Gasteiger partial charge in [0, 0.05) is 20.0 Å². The van der Waals surface area contributed by atoms with E-state index in [2.05, 4.69) is 10.1 Å². The maximum atomic E-state index is 12.1. The van der Waals surface area contributed by atoms with E-state index in [0.29, 0.717) is 19.0 Å². The molecule has 7 nitrogen and oxygen atoms in total. The van der Waals surface area contributed by atoms with Crippen molar-refractivity contribution in [3.8, 4) is 0 Å². The summed E-state index contributed by atoms with van der Waals surface area (Å²) in [7, 11) is 1.35. The normalized spacial score (nSPS) is 19.7. The van der Waals surface area contributed by atoms with Crippen LogP contribution in [-0.4, -0.2) is 47.1 Å². The Kier molecular flexibility index (Phi) is 3.59. The van der Waals surface area contributed by atoms with Gasteiger partial charge in [-0.2, -0.15) is 4.98 Å². The lowest BCUT2D eigenvalue weighted by molar-refractivity contribution is -0.146. The number of carbonyl (C=O) groups is 2. The first-order valence-electron chi connectivity index (χ1n) is 5.79. The van der Waals surface area contributed by atoms with Crippen LogP contribution in [0.15, 0.2) is 4.52 Å². The Morgan fingerprint density at radius 1 is 1.50 bits per heavy atom. The van der Waals surface area contributed by atoms with E-state index in [9.17, 15) is 9.59 Å². The molecule has 1 saturated heterocycles. The highest BCUT2D eigenvalue weighted by atomic mass is 16.5. The van der Waals surface area contributed by atoms with Gasteiger partial charge in [-0.25, -0.2) is 0 Å². The third-order valence-corrected chi connectivity index (χ3v) is 2.96. The molecule has 1 aromatic rings. The Morgan fingerprint density at radius 3 is 2.89 bits per heavy atom. The van der Waals surface area contributed by atoms with Gasteiger partial charge in [0.15, 0.2) is 0 Å². The minimum Gasteiger partial charge on any atom is -0.469 e. The molecule has 98 valence electrons. The molecule has 1 fully saturated rings. The molecule has 2 heterocycles. The van der Waals surface area contributed by atoms with Crippen molar-refractivity contribution in [2.75, 3.05) is 20.2 Å². The molecule has 0 saturated carbocycles. The molecular formula is C11H15N3O4. The fourth-order valence-corrected chi connectivity index (χ4v) is 2.05. The van der Waals surface area contributed by atoms with Gasteiger partial charge in [0.2, 0.25) is 5.89 Å². The van der Waals surface area contributed by atoms with Crippen molar-refractivity contribution in [3.63, 3.8) is 0 Å². The number of likely N-dealkylation sites (tertiary alicyclic amines) is 1. The highest BCUT2D eigenvalue weighted by Gasteiger charge is 2.31. The molecule has 18 heavy (non-hydrogen) atoms. The summed E-state index contributed by atoms with van der Waals surface area (Å²) in [5.41, 5.74) is 0. The lowest BCUT2D eigenvalue weighted by atomic mass is 9.98. The van der Waals surface area contributed by atoms with Crippen LogP contribution in [0.3, 0.4) is 0 Å². The van der Waals surface area contributed by atoms with Crippen molar-refractivity contribution in [3.05, 3.63) is 11.7 Å². The van der Waals surface area contributed by atoms with E-state index in [1.54, 1.807) is 11.8 Å². The predicted molar refractivity (Wildman–Crippen MR) is 59.7 cm³/mol. The Morgan fingerprint density at radius 2 is 2.28 bits per heavy atom. The predicted octanol–water partition coefficient (Wildman–Crippen LogP) is 0.403. The SMILES string of the molecule is COC(=O)C1CCCN(C(=O)c2noc(C)n2)C1. The van der Waals surface area contributed by atoms with Crippen LogP contribution in [0.2, 0.25) is 0 Å². The molecule has 2 rings (SSSR count). The van der Waals surface area contributed by atoms with Crippen molar-refractivity contribution >= 4 is 11.9 Å². The number of esters is 1. The summed E-state index contributed by atoms with van der Waals surface area (Å²) >= 11 is 0. The molecule has 1 aliphatic heterocycles. The van der Waals surface area contributed by atoms with Gasteiger partial charge in [-0.05, 0) is 12.8 Å². The number of piperidine rings is 1. The molecule has 0 bridgehead atoms. The number of aryl methyl sites for hydroxylation is 1. The van der Waals surface area contributed by atoms with Crippen LogP contribution in [0.5, 0.6) is 0 Å². The molecule has 1 amide bonds. The second-order valence-electron chi connectivity index (χ2n) is 4.25. The van der Waals surface area contributed by atoms with Gasteiger partial charge in [-0.3, -0.25) is 9.59 Å². The summed E-state index contributed by atoms with van der Waals surface area (Å²) in [5.74, 6) is -0.462. The fraction of sp³-hybridized carbons (Fsp3) is 0.636. The Labute approximate surface area is 104 Å². The van der Waals surface area contributed by atoms with Crippen molar-refractivity contribution in [1.29, 1.82) is 0 Å². The van der Waals surface area contributed by atoms with E-state index in [0.717, 1.165) is 12.8 Å². The lowest BCUT2D eigenvalue weighted by Crippen LogP contribution is -2.43.